The summed E-state index contributed by atoms with van der Waals surface area (Å²) in [5.74, 6) is 0.673. The van der Waals surface area contributed by atoms with Crippen molar-refractivity contribution in [2.24, 2.45) is 0 Å². The number of aliphatic hydroxyl groups excluding tert-OH is 1. The molecule has 1 aromatic carbocycles. The van der Waals surface area contributed by atoms with Crippen LogP contribution in [0.2, 0.25) is 0 Å². The molecule has 2 aromatic rings. The Bertz CT molecular complexity index is 505. The van der Waals surface area contributed by atoms with Crippen LogP contribution >= 0.6 is 0 Å². The minimum atomic E-state index is -0.293. The highest BCUT2D eigenvalue weighted by atomic mass is 16.5. The van der Waals surface area contributed by atoms with Gasteiger partial charge in [-0.25, -0.2) is 0 Å². The van der Waals surface area contributed by atoms with Crippen molar-refractivity contribution in [1.82, 2.24) is 0 Å². The highest BCUT2D eigenvalue weighted by molar-refractivity contribution is 6.02. The Morgan fingerprint density at radius 1 is 1.26 bits per heavy atom. The molecule has 5 heteroatoms. The van der Waals surface area contributed by atoms with Crippen molar-refractivity contribution in [1.29, 1.82) is 0 Å². The van der Waals surface area contributed by atoms with Gasteiger partial charge in [0.15, 0.2) is 5.76 Å². The number of rotatable bonds is 6. The van der Waals surface area contributed by atoms with Gasteiger partial charge < -0.3 is 19.6 Å². The Morgan fingerprint density at radius 3 is 2.68 bits per heavy atom. The molecule has 0 saturated heterocycles. The maximum atomic E-state index is 11.7. The summed E-state index contributed by atoms with van der Waals surface area (Å²) >= 11 is 0. The molecule has 0 aliphatic rings. The summed E-state index contributed by atoms with van der Waals surface area (Å²) in [6, 6.07) is 10.3. The largest absolute Gasteiger partial charge is 0.494 e. The first kappa shape index (κ1) is 13.2. The molecule has 2 N–H and O–H groups in total. The van der Waals surface area contributed by atoms with Gasteiger partial charge in [0, 0.05) is 18.7 Å². The molecule has 1 heterocycles. The maximum absolute atomic E-state index is 11.7. The van der Waals surface area contributed by atoms with Gasteiger partial charge in [-0.05, 0) is 36.4 Å². The van der Waals surface area contributed by atoms with Crippen molar-refractivity contribution in [2.75, 3.05) is 18.5 Å². The standard InChI is InChI=1S/C14H15NO4/c16-8-2-10-18-12-6-4-11(5-7-12)15-14(17)13-3-1-9-19-13/h1,3-7,9,16H,2,8,10H2,(H,15,17). The van der Waals surface area contributed by atoms with Crippen LogP contribution in [0.15, 0.2) is 47.1 Å². The third-order valence-electron chi connectivity index (χ3n) is 2.43. The van der Waals surface area contributed by atoms with Crippen molar-refractivity contribution in [3.05, 3.63) is 48.4 Å². The number of benzene rings is 1. The Morgan fingerprint density at radius 2 is 2.05 bits per heavy atom. The van der Waals surface area contributed by atoms with Gasteiger partial charge in [-0.15, -0.1) is 0 Å². The van der Waals surface area contributed by atoms with E-state index in [0.29, 0.717) is 24.5 Å². The fraction of sp³-hybridized carbons (Fsp3) is 0.214. The van der Waals surface area contributed by atoms with E-state index in [9.17, 15) is 4.79 Å². The average Bonchev–Trinajstić information content (AvgIpc) is 2.95. The lowest BCUT2D eigenvalue weighted by molar-refractivity contribution is 0.0996. The number of aliphatic hydroxyl groups is 1. The maximum Gasteiger partial charge on any atom is 0.291 e. The number of furan rings is 1. The Labute approximate surface area is 110 Å². The van der Waals surface area contributed by atoms with E-state index in [4.69, 9.17) is 14.3 Å². The molecule has 2 rings (SSSR count). The van der Waals surface area contributed by atoms with Crippen molar-refractivity contribution in [3.8, 4) is 5.75 Å². The van der Waals surface area contributed by atoms with Crippen molar-refractivity contribution >= 4 is 11.6 Å². The summed E-state index contributed by atoms with van der Waals surface area (Å²) in [5.41, 5.74) is 0.663. The lowest BCUT2D eigenvalue weighted by Gasteiger charge is -2.07. The molecule has 19 heavy (non-hydrogen) atoms. The molecule has 1 amide bonds. The smallest absolute Gasteiger partial charge is 0.291 e. The number of amides is 1. The van der Waals surface area contributed by atoms with Gasteiger partial charge in [-0.3, -0.25) is 4.79 Å². The number of nitrogens with one attached hydrogen (secondary N) is 1. The second-order valence-corrected chi connectivity index (χ2v) is 3.88. The zero-order valence-electron chi connectivity index (χ0n) is 10.3. The van der Waals surface area contributed by atoms with Crippen molar-refractivity contribution in [3.63, 3.8) is 0 Å². The number of anilines is 1. The fourth-order valence-corrected chi connectivity index (χ4v) is 1.49. The van der Waals surface area contributed by atoms with Crippen LogP contribution in [0.1, 0.15) is 17.0 Å². The van der Waals surface area contributed by atoms with E-state index in [1.807, 2.05) is 0 Å². The minimum Gasteiger partial charge on any atom is -0.494 e. The van der Waals surface area contributed by atoms with Crippen LogP contribution in [0, 0.1) is 0 Å². The summed E-state index contributed by atoms with van der Waals surface area (Å²) < 4.78 is 10.4. The van der Waals surface area contributed by atoms with E-state index in [1.54, 1.807) is 36.4 Å². The van der Waals surface area contributed by atoms with Gasteiger partial charge in [0.1, 0.15) is 5.75 Å². The van der Waals surface area contributed by atoms with Crippen LogP contribution in [-0.4, -0.2) is 24.2 Å². The van der Waals surface area contributed by atoms with Gasteiger partial charge in [0.05, 0.1) is 12.9 Å². The van der Waals surface area contributed by atoms with E-state index in [0.717, 1.165) is 0 Å². The van der Waals surface area contributed by atoms with E-state index in [-0.39, 0.29) is 18.3 Å². The third kappa shape index (κ3) is 3.86. The van der Waals surface area contributed by atoms with Crippen molar-refractivity contribution < 1.29 is 19.1 Å². The third-order valence-corrected chi connectivity index (χ3v) is 2.43. The summed E-state index contributed by atoms with van der Waals surface area (Å²) in [5, 5.41) is 11.4. The van der Waals surface area contributed by atoms with Crippen LogP contribution < -0.4 is 10.1 Å². The first-order valence-corrected chi connectivity index (χ1v) is 5.98. The van der Waals surface area contributed by atoms with Gasteiger partial charge in [-0.1, -0.05) is 0 Å². The van der Waals surface area contributed by atoms with Gasteiger partial charge in [0.2, 0.25) is 0 Å². The van der Waals surface area contributed by atoms with Crippen LogP contribution in [0.3, 0.4) is 0 Å². The predicted molar refractivity (Wildman–Crippen MR) is 70.3 cm³/mol. The van der Waals surface area contributed by atoms with Crippen molar-refractivity contribution in [2.45, 2.75) is 6.42 Å². The Kier molecular flexibility index (Phi) is 4.58. The number of hydrogen-bond acceptors (Lipinski definition) is 4. The molecule has 0 bridgehead atoms. The molecule has 0 saturated carbocycles. The lowest BCUT2D eigenvalue weighted by atomic mass is 10.3. The monoisotopic (exact) mass is 261 g/mol. The normalized spacial score (nSPS) is 10.2. The highest BCUT2D eigenvalue weighted by Gasteiger charge is 2.08. The Hall–Kier alpha value is -2.27. The molecule has 100 valence electrons. The Balaban J connectivity index is 1.90. The molecule has 0 fully saturated rings. The fourth-order valence-electron chi connectivity index (χ4n) is 1.49. The van der Waals surface area contributed by atoms with E-state index >= 15 is 0 Å². The van der Waals surface area contributed by atoms with Crippen LogP contribution in [0.5, 0.6) is 5.75 Å². The molecule has 0 unspecified atom stereocenters. The summed E-state index contributed by atoms with van der Waals surface area (Å²) in [6.07, 6.45) is 2.05. The quantitative estimate of drug-likeness (QED) is 0.783. The second-order valence-electron chi connectivity index (χ2n) is 3.88. The van der Waals surface area contributed by atoms with Crippen LogP contribution in [0.25, 0.3) is 0 Å². The summed E-state index contributed by atoms with van der Waals surface area (Å²) in [4.78, 5) is 11.7. The van der Waals surface area contributed by atoms with Crippen LogP contribution in [0.4, 0.5) is 5.69 Å². The second kappa shape index (κ2) is 6.61. The number of ether oxygens (including phenoxy) is 1. The molecule has 0 atom stereocenters. The molecule has 0 aliphatic heterocycles. The van der Waals surface area contributed by atoms with E-state index in [1.165, 1.54) is 6.26 Å². The average molecular weight is 261 g/mol. The first-order valence-electron chi connectivity index (χ1n) is 5.98. The highest BCUT2D eigenvalue weighted by Crippen LogP contribution is 2.16. The van der Waals surface area contributed by atoms with Crippen LogP contribution in [-0.2, 0) is 0 Å². The first-order chi connectivity index (χ1) is 9.29. The molecule has 5 nitrogen and oxygen atoms in total. The minimum absolute atomic E-state index is 0.108. The summed E-state index contributed by atoms with van der Waals surface area (Å²) in [6.45, 7) is 0.575. The number of carbonyl (C=O) groups is 1. The topological polar surface area (TPSA) is 71.7 Å². The lowest BCUT2D eigenvalue weighted by Crippen LogP contribution is -2.10. The summed E-state index contributed by atoms with van der Waals surface area (Å²) in [7, 11) is 0. The number of carbonyl (C=O) groups excluding carboxylic acids is 1. The van der Waals surface area contributed by atoms with Gasteiger partial charge in [-0.2, -0.15) is 0 Å². The molecule has 1 aromatic heterocycles. The van der Waals surface area contributed by atoms with Gasteiger partial charge >= 0.3 is 0 Å². The zero-order valence-corrected chi connectivity index (χ0v) is 10.3. The zero-order chi connectivity index (χ0) is 13.5. The van der Waals surface area contributed by atoms with E-state index in [2.05, 4.69) is 5.32 Å². The van der Waals surface area contributed by atoms with Gasteiger partial charge in [0.25, 0.3) is 5.91 Å². The molecule has 0 spiro atoms. The molecule has 0 radical (unpaired) electrons. The predicted octanol–water partition coefficient (Wildman–Crippen LogP) is 2.29. The molecule has 0 aliphatic carbocycles. The number of hydrogen-bond donors (Lipinski definition) is 2. The molecular weight excluding hydrogens is 246 g/mol. The SMILES string of the molecule is O=C(Nc1ccc(OCCCO)cc1)c1ccco1. The molecular formula is C14H15NO4. The van der Waals surface area contributed by atoms with E-state index < -0.39 is 0 Å².